The van der Waals surface area contributed by atoms with Crippen LogP contribution in [0.25, 0.3) is 0 Å². The largest absolute Gasteiger partial charge is 0.468 e. The lowest BCUT2D eigenvalue weighted by molar-refractivity contribution is -0.143. The molecule has 1 unspecified atom stereocenters. The molecular formula is C8H16N2O2. The van der Waals surface area contributed by atoms with Crippen molar-refractivity contribution in [3.63, 3.8) is 0 Å². The zero-order valence-corrected chi connectivity index (χ0v) is 7.59. The van der Waals surface area contributed by atoms with Gasteiger partial charge in [-0.2, -0.15) is 0 Å². The summed E-state index contributed by atoms with van der Waals surface area (Å²) in [4.78, 5) is 11.0. The Morgan fingerprint density at radius 1 is 1.50 bits per heavy atom. The van der Waals surface area contributed by atoms with Gasteiger partial charge in [0.2, 0.25) is 0 Å². The minimum atomic E-state index is -0.183. The van der Waals surface area contributed by atoms with Crippen molar-refractivity contribution in [2.75, 3.05) is 20.2 Å². The SMILES string of the molecule is CCC1CN[C@H](C(=O)OC)CN1. The van der Waals surface area contributed by atoms with E-state index in [1.807, 2.05) is 0 Å². The average molecular weight is 172 g/mol. The van der Waals surface area contributed by atoms with Crippen LogP contribution in [0.2, 0.25) is 0 Å². The van der Waals surface area contributed by atoms with Crippen LogP contribution in [-0.2, 0) is 9.53 Å². The molecule has 0 spiro atoms. The van der Waals surface area contributed by atoms with Gasteiger partial charge < -0.3 is 15.4 Å². The summed E-state index contributed by atoms with van der Waals surface area (Å²) < 4.78 is 4.62. The number of esters is 1. The van der Waals surface area contributed by atoms with E-state index in [2.05, 4.69) is 22.3 Å². The third-order valence-corrected chi connectivity index (χ3v) is 2.20. The predicted octanol–water partition coefficient (Wildman–Crippen LogP) is -0.501. The highest BCUT2D eigenvalue weighted by atomic mass is 16.5. The van der Waals surface area contributed by atoms with Crippen molar-refractivity contribution in [2.24, 2.45) is 0 Å². The average Bonchev–Trinajstić information content (AvgIpc) is 2.17. The molecule has 1 aliphatic heterocycles. The Morgan fingerprint density at radius 2 is 2.25 bits per heavy atom. The molecule has 1 heterocycles. The van der Waals surface area contributed by atoms with Crippen molar-refractivity contribution in [1.82, 2.24) is 10.6 Å². The number of nitrogens with one attached hydrogen (secondary N) is 2. The zero-order chi connectivity index (χ0) is 8.97. The summed E-state index contributed by atoms with van der Waals surface area (Å²) in [6.07, 6.45) is 1.08. The van der Waals surface area contributed by atoms with E-state index in [9.17, 15) is 4.79 Å². The number of carbonyl (C=O) groups excluding carboxylic acids is 1. The summed E-state index contributed by atoms with van der Waals surface area (Å²) in [5.74, 6) is -0.183. The van der Waals surface area contributed by atoms with Gasteiger partial charge in [0.05, 0.1) is 7.11 Å². The molecule has 0 aromatic heterocycles. The number of rotatable bonds is 2. The molecule has 1 saturated heterocycles. The molecule has 4 heteroatoms. The minimum Gasteiger partial charge on any atom is -0.468 e. The highest BCUT2D eigenvalue weighted by Gasteiger charge is 2.24. The van der Waals surface area contributed by atoms with Crippen molar-refractivity contribution >= 4 is 5.97 Å². The normalized spacial score (nSPS) is 29.8. The van der Waals surface area contributed by atoms with Gasteiger partial charge >= 0.3 is 5.97 Å². The lowest BCUT2D eigenvalue weighted by Gasteiger charge is -2.28. The number of piperazine rings is 1. The van der Waals surface area contributed by atoms with Crippen molar-refractivity contribution < 1.29 is 9.53 Å². The molecule has 0 amide bonds. The molecule has 1 fully saturated rings. The van der Waals surface area contributed by atoms with E-state index in [-0.39, 0.29) is 12.0 Å². The second kappa shape index (κ2) is 4.42. The summed E-state index contributed by atoms with van der Waals surface area (Å²) in [7, 11) is 1.41. The molecule has 0 aromatic rings. The van der Waals surface area contributed by atoms with Crippen LogP contribution in [0.4, 0.5) is 0 Å². The summed E-state index contributed by atoms with van der Waals surface area (Å²) in [5.41, 5.74) is 0. The second-order valence-electron chi connectivity index (χ2n) is 3.00. The molecule has 2 N–H and O–H groups in total. The number of hydrogen-bond donors (Lipinski definition) is 2. The van der Waals surface area contributed by atoms with Crippen LogP contribution < -0.4 is 10.6 Å². The van der Waals surface area contributed by atoms with Crippen LogP contribution in [0.3, 0.4) is 0 Å². The van der Waals surface area contributed by atoms with E-state index in [0.717, 1.165) is 13.0 Å². The molecule has 1 aliphatic rings. The standard InChI is InChI=1S/C8H16N2O2/c1-3-6-4-10-7(5-9-6)8(11)12-2/h6-7,9-10H,3-5H2,1-2H3/t6?,7-/m0/s1. The molecule has 2 atom stereocenters. The predicted molar refractivity (Wildman–Crippen MR) is 45.9 cm³/mol. The van der Waals surface area contributed by atoms with Gasteiger partial charge in [-0.15, -0.1) is 0 Å². The number of ether oxygens (including phenoxy) is 1. The van der Waals surface area contributed by atoms with Crippen molar-refractivity contribution in [2.45, 2.75) is 25.4 Å². The maximum absolute atomic E-state index is 11.0. The number of methoxy groups -OCH3 is 1. The third kappa shape index (κ3) is 2.19. The molecule has 70 valence electrons. The van der Waals surface area contributed by atoms with Gasteiger partial charge in [-0.3, -0.25) is 4.79 Å². The number of carbonyl (C=O) groups is 1. The van der Waals surface area contributed by atoms with Crippen LogP contribution in [-0.4, -0.2) is 38.3 Å². The Kier molecular flexibility index (Phi) is 3.49. The molecular weight excluding hydrogens is 156 g/mol. The monoisotopic (exact) mass is 172 g/mol. The van der Waals surface area contributed by atoms with E-state index in [4.69, 9.17) is 0 Å². The van der Waals surface area contributed by atoms with Gasteiger partial charge in [-0.1, -0.05) is 6.92 Å². The zero-order valence-electron chi connectivity index (χ0n) is 7.59. The van der Waals surface area contributed by atoms with Crippen molar-refractivity contribution in [1.29, 1.82) is 0 Å². The quantitative estimate of drug-likeness (QED) is 0.551. The molecule has 0 radical (unpaired) electrons. The highest BCUT2D eigenvalue weighted by molar-refractivity contribution is 5.76. The molecule has 12 heavy (non-hydrogen) atoms. The van der Waals surface area contributed by atoms with Gasteiger partial charge in [0.15, 0.2) is 0 Å². The molecule has 0 aliphatic carbocycles. The molecule has 0 aromatic carbocycles. The van der Waals surface area contributed by atoms with Crippen molar-refractivity contribution in [3.8, 4) is 0 Å². The smallest absolute Gasteiger partial charge is 0.324 e. The van der Waals surface area contributed by atoms with E-state index < -0.39 is 0 Å². The Hall–Kier alpha value is -0.610. The van der Waals surface area contributed by atoms with Crippen LogP contribution in [0, 0.1) is 0 Å². The molecule has 0 saturated carbocycles. The summed E-state index contributed by atoms with van der Waals surface area (Å²) in [6, 6.07) is 0.323. The maximum atomic E-state index is 11.0. The summed E-state index contributed by atoms with van der Waals surface area (Å²) in [5, 5.41) is 6.40. The van der Waals surface area contributed by atoms with Crippen LogP contribution in [0.15, 0.2) is 0 Å². The fourth-order valence-electron chi connectivity index (χ4n) is 1.31. The first-order chi connectivity index (χ1) is 5.77. The lowest BCUT2D eigenvalue weighted by atomic mass is 10.1. The van der Waals surface area contributed by atoms with E-state index >= 15 is 0 Å². The second-order valence-corrected chi connectivity index (χ2v) is 3.00. The minimum absolute atomic E-state index is 0.169. The third-order valence-electron chi connectivity index (χ3n) is 2.20. The Bertz CT molecular complexity index is 153. The topological polar surface area (TPSA) is 50.4 Å². The molecule has 0 bridgehead atoms. The van der Waals surface area contributed by atoms with Gasteiger partial charge in [-0.25, -0.2) is 0 Å². The fourth-order valence-corrected chi connectivity index (χ4v) is 1.31. The van der Waals surface area contributed by atoms with Gasteiger partial charge in [0.1, 0.15) is 6.04 Å². The highest BCUT2D eigenvalue weighted by Crippen LogP contribution is 1.98. The van der Waals surface area contributed by atoms with Crippen molar-refractivity contribution in [3.05, 3.63) is 0 Å². The van der Waals surface area contributed by atoms with Crippen LogP contribution >= 0.6 is 0 Å². The summed E-state index contributed by atoms with van der Waals surface area (Å²) >= 11 is 0. The fraction of sp³-hybridized carbons (Fsp3) is 0.875. The first-order valence-corrected chi connectivity index (χ1v) is 4.32. The first-order valence-electron chi connectivity index (χ1n) is 4.32. The Balaban J connectivity index is 2.30. The van der Waals surface area contributed by atoms with Crippen LogP contribution in [0.5, 0.6) is 0 Å². The Morgan fingerprint density at radius 3 is 2.67 bits per heavy atom. The first kappa shape index (κ1) is 9.48. The van der Waals surface area contributed by atoms with Crippen LogP contribution in [0.1, 0.15) is 13.3 Å². The van der Waals surface area contributed by atoms with E-state index in [1.54, 1.807) is 0 Å². The summed E-state index contributed by atoms with van der Waals surface area (Å²) in [6.45, 7) is 3.64. The lowest BCUT2D eigenvalue weighted by Crippen LogP contribution is -2.57. The Labute approximate surface area is 72.7 Å². The van der Waals surface area contributed by atoms with Gasteiger partial charge in [0.25, 0.3) is 0 Å². The van der Waals surface area contributed by atoms with Gasteiger partial charge in [-0.05, 0) is 6.42 Å². The van der Waals surface area contributed by atoms with E-state index in [1.165, 1.54) is 7.11 Å². The number of hydrogen-bond acceptors (Lipinski definition) is 4. The van der Waals surface area contributed by atoms with E-state index in [0.29, 0.717) is 12.6 Å². The maximum Gasteiger partial charge on any atom is 0.324 e. The molecule has 1 rings (SSSR count). The van der Waals surface area contributed by atoms with Gasteiger partial charge in [0, 0.05) is 19.1 Å². The molecule has 4 nitrogen and oxygen atoms in total.